The molecule has 0 aliphatic heterocycles. The first-order valence-electron chi connectivity index (χ1n) is 8.03. The number of hydrogen-bond donors (Lipinski definition) is 1. The maximum atomic E-state index is 12.3. The van der Waals surface area contributed by atoms with Gasteiger partial charge in [0.2, 0.25) is 15.9 Å². The number of nitrogens with one attached hydrogen (secondary N) is 1. The van der Waals surface area contributed by atoms with Gasteiger partial charge in [0.1, 0.15) is 12.3 Å². The fourth-order valence-corrected chi connectivity index (χ4v) is 4.04. The number of aromatic nitrogens is 2. The van der Waals surface area contributed by atoms with E-state index in [9.17, 15) is 8.42 Å². The number of benzene rings is 1. The summed E-state index contributed by atoms with van der Waals surface area (Å²) in [5.41, 5.74) is 2.77. The molecule has 8 heteroatoms. The fourth-order valence-electron chi connectivity index (χ4n) is 2.25. The van der Waals surface area contributed by atoms with Crippen molar-refractivity contribution in [2.75, 3.05) is 13.2 Å². The number of rotatable bonds is 7. The van der Waals surface area contributed by atoms with E-state index in [1.807, 2.05) is 37.4 Å². The average molecular weight is 390 g/mol. The van der Waals surface area contributed by atoms with E-state index in [1.54, 1.807) is 35.6 Å². The van der Waals surface area contributed by atoms with Crippen molar-refractivity contribution in [3.05, 3.63) is 59.0 Å². The van der Waals surface area contributed by atoms with Crippen LogP contribution in [0.15, 0.2) is 52.7 Å². The molecule has 2 aromatic heterocycles. The lowest BCUT2D eigenvalue weighted by molar-refractivity contribution is 0.307. The zero-order valence-corrected chi connectivity index (χ0v) is 16.1. The molecule has 136 valence electrons. The van der Waals surface area contributed by atoms with Crippen LogP contribution in [-0.4, -0.2) is 31.8 Å². The summed E-state index contributed by atoms with van der Waals surface area (Å²) in [6, 6.07) is 12.5. The second-order valence-electron chi connectivity index (χ2n) is 5.73. The number of ether oxygens (including phenoxy) is 1. The Kier molecular flexibility index (Phi) is 5.65. The van der Waals surface area contributed by atoms with Crippen molar-refractivity contribution < 1.29 is 13.2 Å². The lowest BCUT2D eigenvalue weighted by atomic mass is 10.1. The van der Waals surface area contributed by atoms with Crippen LogP contribution < -0.4 is 9.46 Å². The van der Waals surface area contributed by atoms with Crippen LogP contribution in [-0.2, 0) is 10.0 Å². The zero-order chi connectivity index (χ0) is 18.6. The molecule has 26 heavy (non-hydrogen) atoms. The Balaban J connectivity index is 1.52. The molecule has 6 nitrogen and oxygen atoms in total. The molecule has 0 atom stereocenters. The third kappa shape index (κ3) is 4.46. The molecule has 2 heterocycles. The Morgan fingerprint density at radius 1 is 1.08 bits per heavy atom. The highest BCUT2D eigenvalue weighted by Crippen LogP contribution is 2.22. The van der Waals surface area contributed by atoms with Crippen LogP contribution in [0.4, 0.5) is 0 Å². The number of sulfonamides is 1. The third-order valence-electron chi connectivity index (χ3n) is 3.85. The van der Waals surface area contributed by atoms with Crippen molar-refractivity contribution >= 4 is 21.4 Å². The summed E-state index contributed by atoms with van der Waals surface area (Å²) in [7, 11) is -3.55. The van der Waals surface area contributed by atoms with Gasteiger partial charge in [-0.3, -0.25) is 0 Å². The molecule has 3 aromatic rings. The van der Waals surface area contributed by atoms with Gasteiger partial charge in [-0.15, -0.1) is 21.5 Å². The average Bonchev–Trinajstić information content (AvgIpc) is 3.16. The molecule has 0 radical (unpaired) electrons. The molecule has 0 unspecified atom stereocenters. The summed E-state index contributed by atoms with van der Waals surface area (Å²) in [6.07, 6.45) is 0. The predicted molar refractivity (Wildman–Crippen MR) is 102 cm³/mol. The minimum absolute atomic E-state index is 0.142. The molecule has 0 spiro atoms. The van der Waals surface area contributed by atoms with Crippen LogP contribution >= 0.6 is 11.3 Å². The highest BCUT2D eigenvalue weighted by Gasteiger charge is 2.14. The van der Waals surface area contributed by atoms with E-state index in [-0.39, 0.29) is 18.0 Å². The standard InChI is InChI=1S/C18H19N3O3S2/c1-13-5-6-15(12-14(13)2)26(22,23)19-9-10-24-18-8-7-16(20-21-18)17-4-3-11-25-17/h3-8,11-12,19H,9-10H2,1-2H3. The lowest BCUT2D eigenvalue weighted by Gasteiger charge is -2.09. The Hall–Kier alpha value is -2.29. The van der Waals surface area contributed by atoms with Gasteiger partial charge in [-0.25, -0.2) is 13.1 Å². The van der Waals surface area contributed by atoms with Crippen LogP contribution in [0.1, 0.15) is 11.1 Å². The van der Waals surface area contributed by atoms with Gasteiger partial charge in [0.25, 0.3) is 0 Å². The number of thiophene rings is 1. The maximum absolute atomic E-state index is 12.3. The van der Waals surface area contributed by atoms with Gasteiger partial charge in [0.15, 0.2) is 0 Å². The molecular weight excluding hydrogens is 370 g/mol. The molecular formula is C18H19N3O3S2. The van der Waals surface area contributed by atoms with Gasteiger partial charge in [-0.1, -0.05) is 12.1 Å². The largest absolute Gasteiger partial charge is 0.475 e. The number of aryl methyl sites for hydroxylation is 2. The van der Waals surface area contributed by atoms with E-state index >= 15 is 0 Å². The maximum Gasteiger partial charge on any atom is 0.240 e. The summed E-state index contributed by atoms with van der Waals surface area (Å²) in [5, 5.41) is 10.1. The summed E-state index contributed by atoms with van der Waals surface area (Å²) >= 11 is 1.59. The van der Waals surface area contributed by atoms with Crippen LogP contribution in [0.5, 0.6) is 5.88 Å². The summed E-state index contributed by atoms with van der Waals surface area (Å²) < 4.78 is 32.6. The zero-order valence-electron chi connectivity index (χ0n) is 14.5. The van der Waals surface area contributed by atoms with Crippen molar-refractivity contribution in [2.45, 2.75) is 18.7 Å². The molecule has 0 saturated carbocycles. The molecule has 0 amide bonds. The first-order chi connectivity index (χ1) is 12.5. The van der Waals surface area contributed by atoms with Gasteiger partial charge < -0.3 is 4.74 Å². The topological polar surface area (TPSA) is 81.2 Å². The van der Waals surface area contributed by atoms with Gasteiger partial charge >= 0.3 is 0 Å². The monoisotopic (exact) mass is 389 g/mol. The van der Waals surface area contributed by atoms with Crippen molar-refractivity contribution in [3.63, 3.8) is 0 Å². The van der Waals surface area contributed by atoms with Crippen molar-refractivity contribution in [3.8, 4) is 16.5 Å². The molecule has 1 N–H and O–H groups in total. The number of nitrogens with zero attached hydrogens (tertiary/aromatic N) is 2. The van der Waals surface area contributed by atoms with Crippen LogP contribution in [0.3, 0.4) is 0 Å². The second-order valence-corrected chi connectivity index (χ2v) is 8.44. The first kappa shape index (κ1) is 18.5. The van der Waals surface area contributed by atoms with E-state index < -0.39 is 10.0 Å². The Morgan fingerprint density at radius 3 is 2.58 bits per heavy atom. The van der Waals surface area contributed by atoms with Gasteiger partial charge in [0.05, 0.1) is 9.77 Å². The van der Waals surface area contributed by atoms with E-state index in [1.165, 1.54) is 0 Å². The fraction of sp³-hybridized carbons (Fsp3) is 0.222. The van der Waals surface area contributed by atoms with E-state index in [0.717, 1.165) is 21.7 Å². The molecule has 0 saturated heterocycles. The molecule has 0 bridgehead atoms. The Labute approximate surface area is 156 Å². The molecule has 0 aliphatic carbocycles. The minimum Gasteiger partial charge on any atom is -0.475 e. The summed E-state index contributed by atoms with van der Waals surface area (Å²) in [6.45, 7) is 4.13. The lowest BCUT2D eigenvalue weighted by Crippen LogP contribution is -2.28. The quantitative estimate of drug-likeness (QED) is 0.628. The highest BCUT2D eigenvalue weighted by atomic mass is 32.2. The predicted octanol–water partition coefficient (Wildman–Crippen LogP) is 3.18. The van der Waals surface area contributed by atoms with Gasteiger partial charge in [-0.2, -0.15) is 0 Å². The molecule has 3 rings (SSSR count). The Morgan fingerprint density at radius 2 is 1.92 bits per heavy atom. The van der Waals surface area contributed by atoms with Crippen LogP contribution in [0.2, 0.25) is 0 Å². The molecule has 1 aromatic carbocycles. The highest BCUT2D eigenvalue weighted by molar-refractivity contribution is 7.89. The molecule has 0 aliphatic rings. The SMILES string of the molecule is Cc1ccc(S(=O)(=O)NCCOc2ccc(-c3cccs3)nn2)cc1C. The van der Waals surface area contributed by atoms with Crippen molar-refractivity contribution in [2.24, 2.45) is 0 Å². The minimum atomic E-state index is -3.55. The normalized spacial score (nSPS) is 11.5. The van der Waals surface area contributed by atoms with Gasteiger partial charge in [-0.05, 0) is 54.6 Å². The van der Waals surface area contributed by atoms with Gasteiger partial charge in [0, 0.05) is 12.6 Å². The summed E-state index contributed by atoms with van der Waals surface area (Å²) in [4.78, 5) is 1.28. The van der Waals surface area contributed by atoms with E-state index in [2.05, 4.69) is 14.9 Å². The summed E-state index contributed by atoms with van der Waals surface area (Å²) in [5.74, 6) is 0.357. The second kappa shape index (κ2) is 7.94. The van der Waals surface area contributed by atoms with Crippen LogP contribution in [0, 0.1) is 13.8 Å². The first-order valence-corrected chi connectivity index (χ1v) is 10.4. The smallest absolute Gasteiger partial charge is 0.240 e. The number of hydrogen-bond acceptors (Lipinski definition) is 6. The van der Waals surface area contributed by atoms with Crippen molar-refractivity contribution in [1.82, 2.24) is 14.9 Å². The Bertz CT molecular complexity index is 969. The third-order valence-corrected chi connectivity index (χ3v) is 6.20. The van der Waals surface area contributed by atoms with Crippen molar-refractivity contribution in [1.29, 1.82) is 0 Å². The van der Waals surface area contributed by atoms with E-state index in [4.69, 9.17) is 4.74 Å². The van der Waals surface area contributed by atoms with Crippen LogP contribution in [0.25, 0.3) is 10.6 Å². The van der Waals surface area contributed by atoms with E-state index in [0.29, 0.717) is 5.88 Å². The molecule has 0 fully saturated rings.